The lowest BCUT2D eigenvalue weighted by atomic mass is 10.2. The normalized spacial score (nSPS) is 10.6. The fourth-order valence-electron chi connectivity index (χ4n) is 1.74. The summed E-state index contributed by atoms with van der Waals surface area (Å²) in [4.78, 5) is 0. The Morgan fingerprint density at radius 1 is 1.00 bits per heavy atom. The predicted octanol–water partition coefficient (Wildman–Crippen LogP) is 4.16. The second kappa shape index (κ2) is 5.03. The Labute approximate surface area is 111 Å². The molecule has 0 aliphatic rings. The molecule has 0 unspecified atom stereocenters. The molecule has 1 aromatic heterocycles. The van der Waals surface area contributed by atoms with Crippen LogP contribution in [-0.4, -0.2) is 4.68 Å². The first-order chi connectivity index (χ1) is 8.08. The number of hydrogen-bond donors (Lipinski definition) is 1. The monoisotopic (exact) mass is 268 g/mol. The van der Waals surface area contributed by atoms with Gasteiger partial charge in [0.15, 0.2) is 0 Å². The first-order valence-electron chi connectivity index (χ1n) is 5.40. The van der Waals surface area contributed by atoms with Gasteiger partial charge in [0.25, 0.3) is 0 Å². The van der Waals surface area contributed by atoms with Crippen LogP contribution in [-0.2, 0) is 6.54 Å². The van der Waals surface area contributed by atoms with E-state index in [0.717, 1.165) is 5.56 Å². The maximum atomic E-state index is 5.97. The summed E-state index contributed by atoms with van der Waals surface area (Å²) in [6, 6.07) is 9.82. The first-order valence-corrected chi connectivity index (χ1v) is 6.16. The molecule has 1 aromatic carbocycles. The van der Waals surface area contributed by atoms with Crippen molar-refractivity contribution in [2.24, 2.45) is 0 Å². The van der Waals surface area contributed by atoms with Crippen molar-refractivity contribution >= 4 is 23.2 Å². The molecular weight excluding hydrogens is 255 g/mol. The van der Waals surface area contributed by atoms with Gasteiger partial charge in [-0.05, 0) is 43.7 Å². The highest BCUT2D eigenvalue weighted by atomic mass is 35.5. The average Bonchev–Trinajstić information content (AvgIpc) is 2.61. The maximum Gasteiger partial charge on any atom is 0.0595 e. The van der Waals surface area contributed by atoms with Gasteiger partial charge in [0.2, 0.25) is 0 Å². The molecule has 1 heterocycles. The van der Waals surface area contributed by atoms with Crippen LogP contribution in [0.15, 0.2) is 30.3 Å². The second-order valence-corrected chi connectivity index (χ2v) is 4.85. The number of aromatic nitrogens is 1. The molecule has 0 amide bonds. The number of benzene rings is 1. The minimum atomic E-state index is 0.587. The number of nitrogens with one attached hydrogen (secondary N) is 1. The van der Waals surface area contributed by atoms with E-state index in [4.69, 9.17) is 23.2 Å². The molecule has 2 aromatic rings. The molecule has 0 saturated heterocycles. The molecule has 0 spiro atoms. The van der Waals surface area contributed by atoms with E-state index in [1.807, 2.05) is 18.2 Å². The SMILES string of the molecule is Cc1ccc(C)n1NCc1ccc(Cl)c(Cl)c1. The number of halogens is 2. The van der Waals surface area contributed by atoms with Crippen molar-refractivity contribution in [1.82, 2.24) is 4.68 Å². The van der Waals surface area contributed by atoms with Crippen molar-refractivity contribution < 1.29 is 0 Å². The van der Waals surface area contributed by atoms with E-state index in [1.165, 1.54) is 11.4 Å². The largest absolute Gasteiger partial charge is 0.322 e. The Balaban J connectivity index is 2.10. The number of aryl methyl sites for hydroxylation is 2. The summed E-state index contributed by atoms with van der Waals surface area (Å²) >= 11 is 11.8. The van der Waals surface area contributed by atoms with Crippen LogP contribution in [0.4, 0.5) is 0 Å². The smallest absolute Gasteiger partial charge is 0.0595 e. The van der Waals surface area contributed by atoms with E-state index in [2.05, 4.69) is 36.1 Å². The van der Waals surface area contributed by atoms with Gasteiger partial charge in [0.1, 0.15) is 0 Å². The van der Waals surface area contributed by atoms with Crippen molar-refractivity contribution in [2.75, 3.05) is 5.43 Å². The summed E-state index contributed by atoms with van der Waals surface area (Å²) in [5.41, 5.74) is 6.81. The van der Waals surface area contributed by atoms with Crippen molar-refractivity contribution in [1.29, 1.82) is 0 Å². The van der Waals surface area contributed by atoms with Gasteiger partial charge in [-0.1, -0.05) is 29.3 Å². The van der Waals surface area contributed by atoms with E-state index in [1.54, 1.807) is 0 Å². The highest BCUT2D eigenvalue weighted by molar-refractivity contribution is 6.42. The van der Waals surface area contributed by atoms with Crippen LogP contribution >= 0.6 is 23.2 Å². The standard InChI is InChI=1S/C13H14Cl2N2/c1-9-3-4-10(2)17(9)16-8-11-5-6-12(14)13(15)7-11/h3-7,16H,8H2,1-2H3. The van der Waals surface area contributed by atoms with E-state index in [-0.39, 0.29) is 0 Å². The minimum Gasteiger partial charge on any atom is -0.322 e. The molecule has 90 valence electrons. The minimum absolute atomic E-state index is 0.587. The molecule has 0 aliphatic carbocycles. The van der Waals surface area contributed by atoms with Crippen LogP contribution in [0, 0.1) is 13.8 Å². The van der Waals surface area contributed by atoms with Gasteiger partial charge in [0, 0.05) is 11.4 Å². The molecule has 2 rings (SSSR count). The van der Waals surface area contributed by atoms with Gasteiger partial charge in [-0.2, -0.15) is 0 Å². The molecule has 2 nitrogen and oxygen atoms in total. The average molecular weight is 269 g/mol. The van der Waals surface area contributed by atoms with Gasteiger partial charge in [-0.15, -0.1) is 0 Å². The van der Waals surface area contributed by atoms with Gasteiger partial charge in [-0.3, -0.25) is 4.68 Å². The van der Waals surface area contributed by atoms with Gasteiger partial charge in [0.05, 0.1) is 16.6 Å². The molecule has 0 radical (unpaired) electrons. The molecule has 0 bridgehead atoms. The van der Waals surface area contributed by atoms with Crippen molar-refractivity contribution in [3.05, 3.63) is 57.3 Å². The molecule has 0 fully saturated rings. The van der Waals surface area contributed by atoms with Gasteiger partial charge in [-0.25, -0.2) is 0 Å². The van der Waals surface area contributed by atoms with Crippen LogP contribution in [0.25, 0.3) is 0 Å². The van der Waals surface area contributed by atoms with Crippen molar-refractivity contribution in [2.45, 2.75) is 20.4 Å². The van der Waals surface area contributed by atoms with Crippen LogP contribution in [0.3, 0.4) is 0 Å². The lowest BCUT2D eigenvalue weighted by Crippen LogP contribution is -2.16. The summed E-state index contributed by atoms with van der Waals surface area (Å²) in [5.74, 6) is 0. The highest BCUT2D eigenvalue weighted by Gasteiger charge is 2.02. The third kappa shape index (κ3) is 2.76. The number of nitrogens with zero attached hydrogens (tertiary/aromatic N) is 1. The highest BCUT2D eigenvalue weighted by Crippen LogP contribution is 2.22. The van der Waals surface area contributed by atoms with E-state index >= 15 is 0 Å². The van der Waals surface area contributed by atoms with E-state index in [9.17, 15) is 0 Å². The first kappa shape index (κ1) is 12.3. The van der Waals surface area contributed by atoms with Crippen LogP contribution in [0.1, 0.15) is 17.0 Å². The molecular formula is C13H14Cl2N2. The summed E-state index contributed by atoms with van der Waals surface area (Å²) in [6.07, 6.45) is 0. The summed E-state index contributed by atoms with van der Waals surface area (Å²) in [5, 5.41) is 1.18. The number of hydrogen-bond acceptors (Lipinski definition) is 1. The second-order valence-electron chi connectivity index (χ2n) is 4.03. The zero-order chi connectivity index (χ0) is 12.4. The Bertz CT molecular complexity index is 513. The number of rotatable bonds is 3. The summed E-state index contributed by atoms with van der Waals surface area (Å²) in [7, 11) is 0. The van der Waals surface area contributed by atoms with Crippen LogP contribution < -0.4 is 5.43 Å². The Morgan fingerprint density at radius 3 is 2.24 bits per heavy atom. The topological polar surface area (TPSA) is 17.0 Å². The van der Waals surface area contributed by atoms with Crippen molar-refractivity contribution in [3.63, 3.8) is 0 Å². The molecule has 4 heteroatoms. The fourth-order valence-corrected chi connectivity index (χ4v) is 2.06. The zero-order valence-electron chi connectivity index (χ0n) is 9.80. The fraction of sp³-hybridized carbons (Fsp3) is 0.231. The summed E-state index contributed by atoms with van der Waals surface area (Å²) < 4.78 is 2.06. The maximum absolute atomic E-state index is 5.97. The molecule has 1 N–H and O–H groups in total. The lowest BCUT2D eigenvalue weighted by Gasteiger charge is -2.13. The summed E-state index contributed by atoms with van der Waals surface area (Å²) in [6.45, 7) is 4.84. The van der Waals surface area contributed by atoms with E-state index < -0.39 is 0 Å². The van der Waals surface area contributed by atoms with E-state index in [0.29, 0.717) is 16.6 Å². The Morgan fingerprint density at radius 2 is 1.65 bits per heavy atom. The molecule has 17 heavy (non-hydrogen) atoms. The zero-order valence-corrected chi connectivity index (χ0v) is 11.3. The predicted molar refractivity (Wildman–Crippen MR) is 73.4 cm³/mol. The third-order valence-corrected chi connectivity index (χ3v) is 3.44. The van der Waals surface area contributed by atoms with Gasteiger partial charge >= 0.3 is 0 Å². The lowest BCUT2D eigenvalue weighted by molar-refractivity contribution is 0.792. The quantitative estimate of drug-likeness (QED) is 0.885. The van der Waals surface area contributed by atoms with Crippen LogP contribution in [0.5, 0.6) is 0 Å². The van der Waals surface area contributed by atoms with Crippen molar-refractivity contribution in [3.8, 4) is 0 Å². The molecule has 0 saturated carbocycles. The molecule has 0 aliphatic heterocycles. The molecule has 0 atom stereocenters. The third-order valence-electron chi connectivity index (χ3n) is 2.70. The Kier molecular flexibility index (Phi) is 3.65. The van der Waals surface area contributed by atoms with Gasteiger partial charge < -0.3 is 5.43 Å². The van der Waals surface area contributed by atoms with Crippen LogP contribution in [0.2, 0.25) is 10.0 Å². The Hall–Kier alpha value is -1.12.